The van der Waals surface area contributed by atoms with Crippen molar-refractivity contribution in [3.63, 3.8) is 0 Å². The molecule has 13 nitrogen and oxygen atoms in total. The van der Waals surface area contributed by atoms with Crippen molar-refractivity contribution in [2.75, 3.05) is 9.80 Å². The van der Waals surface area contributed by atoms with Gasteiger partial charge in [0.05, 0.1) is 33.6 Å². The SMILES string of the molecule is Cc1ccc(Oc2ccc3c4c(Oc5ccc(C)cc5)cc5c6c(cc(Oc7ccc(C)cc7)c(c7cccc2c73)c64)C(=O)N(c2c(C(C)C)cc(C#Cc3cc(C#Cc4cc(C(C)C)c(N6C(=O)c7cc(Oc8ccc(C)cc8)c8c9cccc%10c(Oc%11ccc(C)cc%11)ccc(c%11c(Oc%12ccc(C)cc%12)cc(c7c8%11)C6=O)c%109)c(C(C)C)c4)cc(C=O)c3)cc2C(C)C)C5=O)cc1. The van der Waals surface area contributed by atoms with Crippen molar-refractivity contribution in [1.82, 2.24) is 0 Å². The smallest absolute Gasteiger partial charge is 0.266 e. The van der Waals surface area contributed by atoms with Gasteiger partial charge in [-0.25, -0.2) is 9.80 Å². The second-order valence-corrected chi connectivity index (χ2v) is 36.8. The summed E-state index contributed by atoms with van der Waals surface area (Å²) in [6, 6.07) is 87.9. The van der Waals surface area contributed by atoms with Crippen molar-refractivity contribution in [1.29, 1.82) is 0 Å². The predicted octanol–water partition coefficient (Wildman–Crippen LogP) is 31.1. The van der Waals surface area contributed by atoms with Crippen molar-refractivity contribution in [2.24, 2.45) is 0 Å². The summed E-state index contributed by atoms with van der Waals surface area (Å²) in [6.45, 7) is 28.5. The zero-order valence-corrected chi connectivity index (χ0v) is 76.8. The molecule has 0 bridgehead atoms. The van der Waals surface area contributed by atoms with E-state index in [2.05, 4.69) is 47.9 Å². The van der Waals surface area contributed by atoms with Gasteiger partial charge in [-0.15, -0.1) is 0 Å². The molecule has 19 aromatic carbocycles. The summed E-state index contributed by atoms with van der Waals surface area (Å²) in [5, 5.41) is 11.8. The van der Waals surface area contributed by atoms with Crippen molar-refractivity contribution in [3.8, 4) is 92.7 Å². The Balaban J connectivity index is 0.660. The fourth-order valence-electron chi connectivity index (χ4n) is 19.4. The molecule has 0 radical (unpaired) electrons. The van der Waals surface area contributed by atoms with Gasteiger partial charge in [-0.1, -0.05) is 222 Å². The number of hydrogen-bond donors (Lipinski definition) is 0. The van der Waals surface area contributed by atoms with Crippen LogP contribution in [0.2, 0.25) is 0 Å². The monoisotopic (exact) mass is 1750 g/mol. The molecule has 0 saturated heterocycles. The number of carbonyl (C=O) groups is 5. The van der Waals surface area contributed by atoms with E-state index in [1.54, 1.807) is 12.1 Å². The van der Waals surface area contributed by atoms with Crippen LogP contribution in [0.1, 0.15) is 209 Å². The number of anilines is 2. The van der Waals surface area contributed by atoms with E-state index >= 15 is 19.2 Å². The Morgan fingerprint density at radius 3 is 0.716 bits per heavy atom. The lowest BCUT2D eigenvalue weighted by atomic mass is 9.82. The third kappa shape index (κ3) is 14.7. The first kappa shape index (κ1) is 84.5. The summed E-state index contributed by atoms with van der Waals surface area (Å²) < 4.78 is 41.9. The number of imide groups is 2. The quantitative estimate of drug-likeness (QED) is 0.0250. The zero-order chi connectivity index (χ0) is 92.7. The number of nitrogens with zero attached hydrogens (tertiary/aromatic N) is 2. The van der Waals surface area contributed by atoms with Crippen LogP contribution in [0.4, 0.5) is 11.4 Å². The summed E-state index contributed by atoms with van der Waals surface area (Å²) in [5.41, 5.74) is 13.9. The van der Waals surface area contributed by atoms with Gasteiger partial charge in [0.15, 0.2) is 0 Å². The molecule has 2 aliphatic heterocycles. The standard InChI is InChI=1S/C121H92N2O11/c1-65(2)92-56-77(57-93(66(3)4)116(92)122-118(125)96-60-102(131-82-41-25-71(11)26-42-82)110-88-19-15-17-86-100(129-80-37-21-69(9)22-38-80)51-49-90(106(86)88)112-104(133-84-45-29-73(13)30-46-84)62-98(120(122)127)108(96)114(110)112)35-33-75-53-76(55-79(54-75)64-124)34-36-78-58-94(67(5)6)117(95(59-78)68(7)8)123-119(126)97-61-103(132-83-43-27-72(12)28-44-83)111-89-20-16-18-87-101(130-81-39-23-70(10)24-40-81)52-50-91(107(87)89)113-105(134-85-47-31-74(14)32-48-85)63-99(121(123)128)109(97)115(111)113/h15-32,37-68H,1-14H3. The van der Waals surface area contributed by atoms with Crippen LogP contribution in [-0.2, 0) is 0 Å². The summed E-state index contributed by atoms with van der Waals surface area (Å²) >= 11 is 0. The second kappa shape index (κ2) is 33.2. The van der Waals surface area contributed by atoms with E-state index in [0.29, 0.717) is 174 Å². The summed E-state index contributed by atoms with van der Waals surface area (Å²) in [4.78, 5) is 81.6. The van der Waals surface area contributed by atoms with Crippen LogP contribution in [0.25, 0.3) is 86.2 Å². The van der Waals surface area contributed by atoms with E-state index < -0.39 is 23.6 Å². The molecule has 0 N–H and O–H groups in total. The Bertz CT molecular complexity index is 7540. The van der Waals surface area contributed by atoms with Crippen LogP contribution in [-0.4, -0.2) is 29.9 Å². The van der Waals surface area contributed by atoms with Crippen LogP contribution < -0.4 is 38.2 Å². The highest BCUT2D eigenvalue weighted by atomic mass is 16.5. The molecule has 134 heavy (non-hydrogen) atoms. The van der Waals surface area contributed by atoms with E-state index in [-0.39, 0.29) is 45.9 Å². The normalized spacial score (nSPS) is 12.6. The molecule has 0 aliphatic carbocycles. The highest BCUT2D eigenvalue weighted by molar-refractivity contribution is 6.46. The summed E-state index contributed by atoms with van der Waals surface area (Å²) in [7, 11) is 0. The minimum absolute atomic E-state index is 0.247. The fraction of sp³-hybridized carbons (Fsp3) is 0.149. The highest BCUT2D eigenvalue weighted by Gasteiger charge is 2.44. The van der Waals surface area contributed by atoms with Gasteiger partial charge >= 0.3 is 0 Å². The molecule has 19 aromatic rings. The lowest BCUT2D eigenvalue weighted by Crippen LogP contribution is -2.42. The number of benzene rings is 19. The highest BCUT2D eigenvalue weighted by Crippen LogP contribution is 2.58. The number of hydrogen-bond acceptors (Lipinski definition) is 11. The first-order chi connectivity index (χ1) is 64.8. The molecular formula is C121H92N2O11. The van der Waals surface area contributed by atoms with Gasteiger partial charge < -0.3 is 28.4 Å². The van der Waals surface area contributed by atoms with Gasteiger partial charge in [0, 0.05) is 92.5 Å². The predicted molar refractivity (Wildman–Crippen MR) is 538 cm³/mol. The molecule has 0 unspecified atom stereocenters. The Morgan fingerprint density at radius 1 is 0.239 bits per heavy atom. The Hall–Kier alpha value is -16.4. The molecule has 0 fully saturated rings. The van der Waals surface area contributed by atoms with Crippen molar-refractivity contribution in [2.45, 2.75) is 121 Å². The van der Waals surface area contributed by atoms with Crippen molar-refractivity contribution >= 4 is 127 Å². The minimum Gasteiger partial charge on any atom is -0.457 e. The Kier molecular flexibility index (Phi) is 21.0. The van der Waals surface area contributed by atoms with Crippen molar-refractivity contribution < 1.29 is 52.4 Å². The van der Waals surface area contributed by atoms with E-state index in [1.807, 2.05) is 334 Å². The van der Waals surface area contributed by atoms with Crippen LogP contribution in [0.5, 0.6) is 69.0 Å². The third-order valence-corrected chi connectivity index (χ3v) is 26.0. The van der Waals surface area contributed by atoms with Crippen molar-refractivity contribution in [3.05, 3.63) is 379 Å². The average molecular weight is 1750 g/mol. The average Bonchev–Trinajstić information content (AvgIpc) is 0.686. The molecule has 0 saturated carbocycles. The molecule has 0 aromatic heterocycles. The maximum atomic E-state index is 16.5. The maximum Gasteiger partial charge on any atom is 0.266 e. The van der Waals surface area contributed by atoms with Crippen LogP contribution >= 0.6 is 0 Å². The number of aldehydes is 1. The first-order valence-electron chi connectivity index (χ1n) is 45.5. The van der Waals surface area contributed by atoms with E-state index in [1.165, 1.54) is 9.80 Å². The summed E-state index contributed by atoms with van der Waals surface area (Å²) in [6.07, 6.45) is 0.777. The number of rotatable bonds is 19. The van der Waals surface area contributed by atoms with Gasteiger partial charge in [0.1, 0.15) is 75.3 Å². The zero-order valence-electron chi connectivity index (χ0n) is 76.8. The molecule has 652 valence electrons. The lowest BCUT2D eigenvalue weighted by molar-refractivity contribution is 0.0877. The van der Waals surface area contributed by atoms with Gasteiger partial charge in [0.2, 0.25) is 0 Å². The Labute approximate surface area is 776 Å². The molecule has 2 aliphatic rings. The number of fused-ring (bicyclic) bond motifs is 4. The Morgan fingerprint density at radius 2 is 0.470 bits per heavy atom. The van der Waals surface area contributed by atoms with Gasteiger partial charge in [-0.2, -0.15) is 0 Å². The van der Waals surface area contributed by atoms with Gasteiger partial charge in [-0.05, 0) is 273 Å². The van der Waals surface area contributed by atoms with E-state index in [9.17, 15) is 4.79 Å². The molecule has 0 atom stereocenters. The molecular weight excluding hydrogens is 1660 g/mol. The first-order valence-corrected chi connectivity index (χ1v) is 45.5. The molecule has 13 heteroatoms. The number of carbonyl (C=O) groups excluding carboxylic acids is 5. The number of ether oxygens (including phenoxy) is 6. The lowest BCUT2D eigenvalue weighted by Gasteiger charge is -2.34. The number of amides is 4. The van der Waals surface area contributed by atoms with E-state index in [0.717, 1.165) is 82.8 Å². The van der Waals surface area contributed by atoms with Gasteiger partial charge in [0.25, 0.3) is 23.6 Å². The summed E-state index contributed by atoms with van der Waals surface area (Å²) in [5.74, 6) is 17.2. The van der Waals surface area contributed by atoms with Crippen LogP contribution in [0.3, 0.4) is 0 Å². The largest absolute Gasteiger partial charge is 0.457 e. The third-order valence-electron chi connectivity index (χ3n) is 26.0. The van der Waals surface area contributed by atoms with E-state index in [4.69, 9.17) is 28.4 Å². The maximum absolute atomic E-state index is 16.5. The topological polar surface area (TPSA) is 147 Å². The van der Waals surface area contributed by atoms with Crippen LogP contribution in [0.15, 0.2) is 273 Å². The molecule has 0 spiro atoms. The van der Waals surface area contributed by atoms with Gasteiger partial charge in [-0.3, -0.25) is 24.0 Å². The molecule has 2 heterocycles. The molecule has 4 amide bonds. The van der Waals surface area contributed by atoms with Crippen LogP contribution in [0, 0.1) is 65.2 Å². The second-order valence-electron chi connectivity index (χ2n) is 36.8. The molecule has 21 rings (SSSR count). The minimum atomic E-state index is -0.519. The fourth-order valence-corrected chi connectivity index (χ4v) is 19.4. The number of aryl methyl sites for hydroxylation is 6.